The Kier molecular flexibility index (Phi) is 6.99. The Balaban J connectivity index is 0.00000302. The van der Waals surface area contributed by atoms with Crippen LogP contribution in [-0.4, -0.2) is 37.2 Å². The summed E-state index contributed by atoms with van der Waals surface area (Å²) in [5.74, 6) is 2.39. The predicted octanol–water partition coefficient (Wildman–Crippen LogP) is 7.31. The third-order valence-electron chi connectivity index (χ3n) is 7.03. The van der Waals surface area contributed by atoms with E-state index in [2.05, 4.69) is 107 Å². The molecule has 0 spiro atoms. The van der Waals surface area contributed by atoms with Gasteiger partial charge < -0.3 is 4.57 Å². The molecule has 1 aliphatic heterocycles. The maximum absolute atomic E-state index is 4.66. The second kappa shape index (κ2) is 10.5. The molecule has 1 aliphatic rings. The first kappa shape index (κ1) is 27.3. The predicted molar refractivity (Wildman–Crippen MR) is 160 cm³/mol. The minimum Gasteiger partial charge on any atom is -0.319 e. The van der Waals surface area contributed by atoms with Crippen LogP contribution in [0.3, 0.4) is 0 Å². The zero-order valence-corrected chi connectivity index (χ0v) is 26.1. The van der Waals surface area contributed by atoms with E-state index in [0.717, 1.165) is 49.4 Å². The van der Waals surface area contributed by atoms with E-state index in [-0.39, 0.29) is 26.5 Å². The van der Waals surface area contributed by atoms with Crippen LogP contribution in [0.25, 0.3) is 27.6 Å². The zero-order chi connectivity index (χ0) is 27.4. The molecule has 0 unspecified atom stereocenters. The van der Waals surface area contributed by atoms with Crippen molar-refractivity contribution in [1.82, 2.24) is 24.1 Å². The van der Waals surface area contributed by atoms with Gasteiger partial charge in [0.05, 0.1) is 11.9 Å². The van der Waals surface area contributed by atoms with E-state index in [1.165, 1.54) is 10.9 Å². The summed E-state index contributed by atoms with van der Waals surface area (Å²) >= 11 is 1.65. The minimum absolute atomic E-state index is 0. The molecule has 0 atom stereocenters. The van der Waals surface area contributed by atoms with E-state index in [1.807, 2.05) is 40.6 Å². The molecule has 6 nitrogen and oxygen atoms in total. The van der Waals surface area contributed by atoms with E-state index < -0.39 is 0 Å². The Bertz CT molecular complexity index is 2020. The molecule has 4 heterocycles. The SMILES string of the molecule is C[N+]1=C=[N+](c2[c-]c(Sc3[c-]c4c(cc3)c3ccccc3n4-c3ccccn3)cc(C(C)(C)C)c2)c2nccnc21.[Pt+2]. The Hall–Kier alpha value is -3.89. The van der Waals surface area contributed by atoms with Crippen LogP contribution in [0.4, 0.5) is 17.3 Å². The molecule has 0 aliphatic carbocycles. The number of hydrogen-bond acceptors (Lipinski definition) is 4. The van der Waals surface area contributed by atoms with E-state index >= 15 is 0 Å². The number of rotatable bonds is 4. The zero-order valence-electron chi connectivity index (χ0n) is 23.0. The summed E-state index contributed by atoms with van der Waals surface area (Å²) in [5, 5.41) is 2.33. The third-order valence-corrected chi connectivity index (χ3v) is 7.93. The summed E-state index contributed by atoms with van der Waals surface area (Å²) in [5.41, 5.74) is 4.14. The molecule has 0 amide bonds. The molecule has 8 heteroatoms. The molecule has 0 bridgehead atoms. The molecule has 3 aromatic heterocycles. The van der Waals surface area contributed by atoms with Crippen LogP contribution < -0.4 is 4.58 Å². The second-order valence-corrected chi connectivity index (χ2v) is 11.9. The summed E-state index contributed by atoms with van der Waals surface area (Å²) < 4.78 is 5.99. The molecule has 0 N–H and O–H groups in total. The van der Waals surface area contributed by atoms with E-state index in [0.29, 0.717) is 0 Å². The summed E-state index contributed by atoms with van der Waals surface area (Å²) in [7, 11) is 1.93. The van der Waals surface area contributed by atoms with Crippen molar-refractivity contribution in [3.05, 3.63) is 103 Å². The smallest absolute Gasteiger partial charge is 0.319 e. The largest absolute Gasteiger partial charge is 2.00 e. The molecule has 0 saturated heterocycles. The van der Waals surface area contributed by atoms with Crippen LogP contribution in [-0.2, 0) is 26.5 Å². The number of nitrogens with zero attached hydrogens (tertiary/aromatic N) is 6. The van der Waals surface area contributed by atoms with Gasteiger partial charge in [-0.25, -0.2) is 4.98 Å². The van der Waals surface area contributed by atoms with Crippen molar-refractivity contribution in [3.63, 3.8) is 0 Å². The molecule has 0 fully saturated rings. The quantitative estimate of drug-likeness (QED) is 0.141. The van der Waals surface area contributed by atoms with Crippen molar-refractivity contribution >= 4 is 56.9 Å². The van der Waals surface area contributed by atoms with Crippen molar-refractivity contribution in [2.75, 3.05) is 7.05 Å². The van der Waals surface area contributed by atoms with Gasteiger partial charge in [-0.1, -0.05) is 55.4 Å². The van der Waals surface area contributed by atoms with Gasteiger partial charge in [0.2, 0.25) is 0 Å². The molecule has 202 valence electrons. The van der Waals surface area contributed by atoms with E-state index in [1.54, 1.807) is 24.2 Å². The number of para-hydroxylation sites is 1. The Morgan fingerprint density at radius 3 is 2.37 bits per heavy atom. The average Bonchev–Trinajstić information content (AvgIpc) is 3.47. The van der Waals surface area contributed by atoms with Crippen LogP contribution >= 0.6 is 11.8 Å². The molecule has 3 aromatic carbocycles. The van der Waals surface area contributed by atoms with Gasteiger partial charge in [-0.05, 0) is 29.0 Å². The van der Waals surface area contributed by atoms with Gasteiger partial charge in [-0.2, -0.15) is 23.2 Å². The van der Waals surface area contributed by atoms with E-state index in [9.17, 15) is 0 Å². The van der Waals surface area contributed by atoms with Crippen LogP contribution in [0.2, 0.25) is 0 Å². The summed E-state index contributed by atoms with van der Waals surface area (Å²) in [6.07, 6.45) is 5.24. The molecule has 7 rings (SSSR count). The number of benzene rings is 3. The van der Waals surface area contributed by atoms with Gasteiger partial charge in [-0.15, -0.1) is 55.0 Å². The molecule has 41 heavy (non-hydrogen) atoms. The van der Waals surface area contributed by atoms with Gasteiger partial charge in [0.15, 0.2) is 6.20 Å². The first-order valence-electron chi connectivity index (χ1n) is 13.1. The van der Waals surface area contributed by atoms with Crippen LogP contribution in [0.5, 0.6) is 0 Å². The summed E-state index contributed by atoms with van der Waals surface area (Å²) in [4.78, 5) is 15.7. The molecule has 0 radical (unpaired) electrons. The fourth-order valence-corrected chi connectivity index (χ4v) is 5.91. The topological polar surface area (TPSA) is 49.6 Å². The first-order chi connectivity index (χ1) is 19.4. The molecule has 6 aromatic rings. The number of fused-ring (bicyclic) bond motifs is 4. The van der Waals surface area contributed by atoms with Gasteiger partial charge >= 0.3 is 38.7 Å². The summed E-state index contributed by atoms with van der Waals surface area (Å²) in [6, 6.07) is 33.8. The van der Waals surface area contributed by atoms with Crippen molar-refractivity contribution in [3.8, 4) is 5.82 Å². The second-order valence-electron chi connectivity index (χ2n) is 10.8. The van der Waals surface area contributed by atoms with Gasteiger partial charge in [0.1, 0.15) is 12.9 Å². The maximum atomic E-state index is 4.66. The molecular formula is C33H26N6PtS+2. The minimum atomic E-state index is -0.0605. The number of aromatic nitrogens is 4. The van der Waals surface area contributed by atoms with Gasteiger partial charge in [0.25, 0.3) is 0 Å². The fourth-order valence-electron chi connectivity index (χ4n) is 5.04. The third kappa shape index (κ3) is 4.85. The Labute approximate surface area is 257 Å². The monoisotopic (exact) mass is 733 g/mol. The van der Waals surface area contributed by atoms with Crippen molar-refractivity contribution in [2.24, 2.45) is 0 Å². The van der Waals surface area contributed by atoms with Crippen molar-refractivity contribution in [1.29, 1.82) is 0 Å². The van der Waals surface area contributed by atoms with Crippen LogP contribution in [0, 0.1) is 12.1 Å². The molecular weight excluding hydrogens is 708 g/mol. The van der Waals surface area contributed by atoms with Gasteiger partial charge in [0, 0.05) is 16.7 Å². The van der Waals surface area contributed by atoms with Crippen LogP contribution in [0.1, 0.15) is 26.3 Å². The standard InChI is InChI=1S/C33H26N6S.Pt/c1-33(2,3)22-17-23(38-21-37(4)31-32(38)36-16-15-35-31)19-25(18-22)40-24-12-13-27-26-9-5-6-10-28(26)39(29(27)20-24)30-11-7-8-14-34-30;/h5-18H,1-4H3;/q;+2. The fraction of sp³-hybridized carbons (Fsp3) is 0.152. The first-order valence-corrected chi connectivity index (χ1v) is 13.9. The Morgan fingerprint density at radius 1 is 0.805 bits per heavy atom. The summed E-state index contributed by atoms with van der Waals surface area (Å²) in [6.45, 7) is 6.67. The van der Waals surface area contributed by atoms with E-state index in [4.69, 9.17) is 0 Å². The normalized spacial score (nSPS) is 12.7. The van der Waals surface area contributed by atoms with Crippen molar-refractivity contribution < 1.29 is 25.6 Å². The van der Waals surface area contributed by atoms with Crippen LogP contribution in [0.15, 0.2) is 95.1 Å². The number of pyridine rings is 1. The van der Waals surface area contributed by atoms with Gasteiger partial charge in [-0.3, -0.25) is 0 Å². The Morgan fingerprint density at radius 2 is 1.59 bits per heavy atom. The number of hydrogen-bond donors (Lipinski definition) is 0. The average molecular weight is 734 g/mol. The molecule has 0 saturated carbocycles. The maximum Gasteiger partial charge on any atom is 2.00 e. The van der Waals surface area contributed by atoms with Crippen molar-refractivity contribution in [2.45, 2.75) is 36.0 Å².